The van der Waals surface area contributed by atoms with Crippen molar-refractivity contribution in [1.82, 2.24) is 5.32 Å². The molecule has 3 aromatic carbocycles. The molecule has 2 N–H and O–H groups in total. The summed E-state index contributed by atoms with van der Waals surface area (Å²) in [4.78, 5) is 12.8. The van der Waals surface area contributed by atoms with Crippen molar-refractivity contribution in [3.63, 3.8) is 0 Å². The van der Waals surface area contributed by atoms with E-state index >= 15 is 0 Å². The largest absolute Gasteiger partial charge is 0.497 e. The van der Waals surface area contributed by atoms with E-state index in [0.717, 1.165) is 11.1 Å². The van der Waals surface area contributed by atoms with E-state index in [-0.39, 0.29) is 12.6 Å². The van der Waals surface area contributed by atoms with Gasteiger partial charge in [0.25, 0.3) is 0 Å². The first-order valence-corrected chi connectivity index (χ1v) is 9.98. The Morgan fingerprint density at radius 3 is 1.87 bits per heavy atom. The number of aliphatic hydroxyl groups excluding tert-OH is 1. The predicted molar refractivity (Wildman–Crippen MR) is 116 cm³/mol. The highest BCUT2D eigenvalue weighted by Gasteiger charge is 2.32. The van der Waals surface area contributed by atoms with Gasteiger partial charge in [0, 0.05) is 0 Å². The quantitative estimate of drug-likeness (QED) is 0.526. The van der Waals surface area contributed by atoms with E-state index in [1.807, 2.05) is 60.7 Å². The Bertz CT molecular complexity index is 873. The second kappa shape index (κ2) is 10.6. The molecule has 0 amide bonds. The normalized spacial score (nSPS) is 12.9. The minimum atomic E-state index is -1.09. The first-order chi connectivity index (χ1) is 14.6. The SMILES string of the molecule is CCOC(=O)[C@H](NC(c1ccccc1)c1ccccc1)[C@H](O)c1ccc(OC)cc1. The number of carbonyl (C=O) groups excluding carboxylic acids is 1. The molecule has 3 rings (SSSR count). The molecule has 156 valence electrons. The lowest BCUT2D eigenvalue weighted by Gasteiger charge is -2.29. The van der Waals surface area contributed by atoms with Gasteiger partial charge in [-0.15, -0.1) is 0 Å². The molecule has 0 heterocycles. The fraction of sp³-hybridized carbons (Fsp3) is 0.240. The second-order valence-electron chi connectivity index (χ2n) is 6.87. The van der Waals surface area contributed by atoms with E-state index in [1.54, 1.807) is 38.3 Å². The van der Waals surface area contributed by atoms with E-state index in [0.29, 0.717) is 11.3 Å². The van der Waals surface area contributed by atoms with Crippen LogP contribution in [0.1, 0.15) is 35.8 Å². The van der Waals surface area contributed by atoms with Gasteiger partial charge in [-0.3, -0.25) is 10.1 Å². The maximum atomic E-state index is 12.8. The summed E-state index contributed by atoms with van der Waals surface area (Å²) in [5.41, 5.74) is 2.57. The molecule has 5 heteroatoms. The highest BCUT2D eigenvalue weighted by molar-refractivity contribution is 5.77. The van der Waals surface area contributed by atoms with Crippen molar-refractivity contribution in [2.75, 3.05) is 13.7 Å². The molecular formula is C25H27NO4. The smallest absolute Gasteiger partial charge is 0.326 e. The molecule has 0 fully saturated rings. The van der Waals surface area contributed by atoms with Crippen LogP contribution >= 0.6 is 0 Å². The van der Waals surface area contributed by atoms with Crippen molar-refractivity contribution in [3.05, 3.63) is 102 Å². The van der Waals surface area contributed by atoms with E-state index in [4.69, 9.17) is 9.47 Å². The Balaban J connectivity index is 1.95. The van der Waals surface area contributed by atoms with Crippen molar-refractivity contribution >= 4 is 5.97 Å². The zero-order valence-corrected chi connectivity index (χ0v) is 17.2. The number of aliphatic hydroxyl groups is 1. The molecule has 0 bridgehead atoms. The topological polar surface area (TPSA) is 67.8 Å². The molecule has 0 saturated heterocycles. The number of methoxy groups -OCH3 is 1. The first-order valence-electron chi connectivity index (χ1n) is 9.98. The van der Waals surface area contributed by atoms with Crippen LogP contribution in [-0.4, -0.2) is 30.8 Å². The van der Waals surface area contributed by atoms with Crippen LogP contribution in [0.2, 0.25) is 0 Å². The Morgan fingerprint density at radius 2 is 1.40 bits per heavy atom. The Kier molecular flexibility index (Phi) is 7.60. The third-order valence-corrected chi connectivity index (χ3v) is 4.93. The zero-order valence-electron chi connectivity index (χ0n) is 17.2. The standard InChI is InChI=1S/C25H27NO4/c1-3-30-25(28)23(24(27)20-14-16-21(29-2)17-15-20)26-22(18-10-6-4-7-11-18)19-12-8-5-9-13-19/h4-17,22-24,26-27H,3H2,1-2H3/t23-,24-/m1/s1. The predicted octanol–water partition coefficient (Wildman–Crippen LogP) is 4.04. The van der Waals surface area contributed by atoms with E-state index in [2.05, 4.69) is 5.32 Å². The number of benzene rings is 3. The molecule has 0 spiro atoms. The fourth-order valence-corrected chi connectivity index (χ4v) is 3.37. The molecule has 0 radical (unpaired) electrons. The summed E-state index contributed by atoms with van der Waals surface area (Å²) in [7, 11) is 1.58. The zero-order chi connectivity index (χ0) is 21.3. The van der Waals surface area contributed by atoms with Crippen LogP contribution in [0.4, 0.5) is 0 Å². The minimum absolute atomic E-state index is 0.230. The van der Waals surface area contributed by atoms with Crippen molar-refractivity contribution in [1.29, 1.82) is 0 Å². The minimum Gasteiger partial charge on any atom is -0.497 e. The van der Waals surface area contributed by atoms with Crippen LogP contribution in [-0.2, 0) is 9.53 Å². The average Bonchev–Trinajstić information content (AvgIpc) is 2.80. The molecule has 30 heavy (non-hydrogen) atoms. The maximum Gasteiger partial charge on any atom is 0.326 e. The molecule has 5 nitrogen and oxygen atoms in total. The molecule has 0 aliphatic carbocycles. The summed E-state index contributed by atoms with van der Waals surface area (Å²) in [6, 6.07) is 25.4. The number of nitrogens with one attached hydrogen (secondary N) is 1. The van der Waals surface area contributed by atoms with Crippen molar-refractivity contribution < 1.29 is 19.4 Å². The molecule has 0 aromatic heterocycles. The number of ether oxygens (including phenoxy) is 2. The van der Waals surface area contributed by atoms with Crippen LogP contribution in [0.25, 0.3) is 0 Å². The molecule has 2 atom stereocenters. The van der Waals surface area contributed by atoms with Gasteiger partial charge in [-0.05, 0) is 35.7 Å². The Labute approximate surface area is 177 Å². The van der Waals surface area contributed by atoms with E-state index in [9.17, 15) is 9.90 Å². The van der Waals surface area contributed by atoms with Crippen LogP contribution in [0.3, 0.4) is 0 Å². The summed E-state index contributed by atoms with van der Waals surface area (Å²) >= 11 is 0. The lowest BCUT2D eigenvalue weighted by Crippen LogP contribution is -2.45. The highest BCUT2D eigenvalue weighted by atomic mass is 16.5. The number of esters is 1. The number of hydrogen-bond donors (Lipinski definition) is 2. The lowest BCUT2D eigenvalue weighted by molar-refractivity contribution is -0.149. The summed E-state index contributed by atoms with van der Waals surface area (Å²) in [5.74, 6) is 0.177. The van der Waals surface area contributed by atoms with E-state index < -0.39 is 18.1 Å². The number of rotatable bonds is 9. The van der Waals surface area contributed by atoms with Gasteiger partial charge in [0.1, 0.15) is 17.9 Å². The second-order valence-corrected chi connectivity index (χ2v) is 6.87. The van der Waals surface area contributed by atoms with Gasteiger partial charge in [0.2, 0.25) is 0 Å². The van der Waals surface area contributed by atoms with Gasteiger partial charge in [0.05, 0.1) is 19.8 Å². The first kappa shape index (κ1) is 21.6. The van der Waals surface area contributed by atoms with Gasteiger partial charge in [-0.1, -0.05) is 72.8 Å². The van der Waals surface area contributed by atoms with Gasteiger partial charge < -0.3 is 14.6 Å². The maximum absolute atomic E-state index is 12.8. The summed E-state index contributed by atoms with van der Waals surface area (Å²) in [6.07, 6.45) is -1.09. The Morgan fingerprint density at radius 1 is 0.867 bits per heavy atom. The van der Waals surface area contributed by atoms with Crippen LogP contribution in [0.5, 0.6) is 5.75 Å². The monoisotopic (exact) mass is 405 g/mol. The Hall–Kier alpha value is -3.15. The third kappa shape index (κ3) is 5.26. The van der Waals surface area contributed by atoms with Crippen LogP contribution in [0, 0.1) is 0 Å². The molecule has 3 aromatic rings. The summed E-state index contributed by atoms with van der Waals surface area (Å²) in [5, 5.41) is 14.4. The third-order valence-electron chi connectivity index (χ3n) is 4.93. The average molecular weight is 405 g/mol. The lowest BCUT2D eigenvalue weighted by atomic mass is 9.95. The fourth-order valence-electron chi connectivity index (χ4n) is 3.37. The molecule has 0 aliphatic heterocycles. The number of carbonyl (C=O) groups is 1. The summed E-state index contributed by atoms with van der Waals surface area (Å²) in [6.45, 7) is 1.98. The highest BCUT2D eigenvalue weighted by Crippen LogP contribution is 2.27. The van der Waals surface area contributed by atoms with Gasteiger partial charge in [-0.2, -0.15) is 0 Å². The molecule has 0 saturated carbocycles. The van der Waals surface area contributed by atoms with Crippen molar-refractivity contribution in [3.8, 4) is 5.75 Å². The molecule has 0 aliphatic rings. The van der Waals surface area contributed by atoms with Gasteiger partial charge in [-0.25, -0.2) is 0 Å². The molecular weight excluding hydrogens is 378 g/mol. The number of hydrogen-bond acceptors (Lipinski definition) is 5. The van der Waals surface area contributed by atoms with Gasteiger partial charge in [0.15, 0.2) is 0 Å². The molecule has 0 unspecified atom stereocenters. The van der Waals surface area contributed by atoms with Gasteiger partial charge >= 0.3 is 5.97 Å². The van der Waals surface area contributed by atoms with E-state index in [1.165, 1.54) is 0 Å². The van der Waals surface area contributed by atoms with Crippen molar-refractivity contribution in [2.45, 2.75) is 25.1 Å². The van der Waals surface area contributed by atoms with Crippen molar-refractivity contribution in [2.24, 2.45) is 0 Å². The van der Waals surface area contributed by atoms with Crippen LogP contribution < -0.4 is 10.1 Å². The summed E-state index contributed by atoms with van der Waals surface area (Å²) < 4.78 is 10.5. The van der Waals surface area contributed by atoms with Crippen LogP contribution in [0.15, 0.2) is 84.9 Å².